The normalized spacial score (nSPS) is 16.3. The number of carboxylic acid groups (broad SMARTS) is 1. The smallest absolute Gasteiger partial charge is 0.408 e. The number of rotatable bonds is 7. The quantitative estimate of drug-likeness (QED) is 0.420. The summed E-state index contributed by atoms with van der Waals surface area (Å²) in [4.78, 5) is 54.8. The number of fused-ring (bicyclic) bond motifs is 1. The van der Waals surface area contributed by atoms with Crippen molar-refractivity contribution in [3.63, 3.8) is 0 Å². The molecule has 2 atom stereocenters. The number of hydrogen-bond donors (Lipinski definition) is 2. The van der Waals surface area contributed by atoms with Gasteiger partial charge in [0.15, 0.2) is 5.65 Å². The number of pyridine rings is 2. The van der Waals surface area contributed by atoms with E-state index in [-0.39, 0.29) is 42.0 Å². The Bertz CT molecular complexity index is 1560. The van der Waals surface area contributed by atoms with Gasteiger partial charge in [0.2, 0.25) is 11.3 Å². The third-order valence-corrected chi connectivity index (χ3v) is 6.38. The van der Waals surface area contributed by atoms with Crippen LogP contribution in [0.3, 0.4) is 0 Å². The topological polar surface area (TPSA) is 136 Å². The minimum absolute atomic E-state index is 0.00411. The zero-order chi connectivity index (χ0) is 29.4. The number of aromatic nitrogens is 2. The first-order valence-electron chi connectivity index (χ1n) is 11.9. The van der Waals surface area contributed by atoms with E-state index in [0.717, 1.165) is 22.9 Å². The first-order chi connectivity index (χ1) is 18.8. The van der Waals surface area contributed by atoms with Crippen LogP contribution in [0.15, 0.2) is 41.3 Å². The average molecular weight is 566 g/mol. The van der Waals surface area contributed by atoms with Crippen LogP contribution in [0, 0.1) is 17.6 Å². The zero-order valence-corrected chi connectivity index (χ0v) is 20.7. The number of nitrogens with zero attached hydrogens (tertiary/aromatic N) is 3. The molecule has 1 aromatic carbocycles. The van der Waals surface area contributed by atoms with Crippen LogP contribution in [0.2, 0.25) is 0 Å². The number of carbonyl (C=O) groups is 3. The molecule has 3 heterocycles. The van der Waals surface area contributed by atoms with Crippen LogP contribution >= 0.6 is 0 Å². The van der Waals surface area contributed by atoms with Crippen molar-refractivity contribution >= 4 is 34.8 Å². The van der Waals surface area contributed by atoms with Crippen molar-refractivity contribution in [2.24, 2.45) is 5.92 Å². The van der Waals surface area contributed by atoms with Crippen molar-refractivity contribution in [3.05, 3.63) is 63.9 Å². The van der Waals surface area contributed by atoms with E-state index in [4.69, 9.17) is 0 Å². The number of alkyl halides is 3. The third kappa shape index (κ3) is 5.72. The number of amides is 3. The summed E-state index contributed by atoms with van der Waals surface area (Å²) in [5.41, 5.74) is -2.40. The molecule has 0 saturated carbocycles. The van der Waals surface area contributed by atoms with Gasteiger partial charge in [0, 0.05) is 37.7 Å². The largest absolute Gasteiger partial charge is 0.530 e. The van der Waals surface area contributed by atoms with E-state index in [2.05, 4.69) is 10.3 Å². The average Bonchev–Trinajstić information content (AvgIpc) is 3.26. The predicted molar refractivity (Wildman–Crippen MR) is 129 cm³/mol. The van der Waals surface area contributed by atoms with E-state index in [1.165, 1.54) is 24.0 Å². The molecule has 1 aliphatic heterocycles. The predicted octanol–water partition coefficient (Wildman–Crippen LogP) is 2.02. The molecule has 0 aliphatic carbocycles. The first kappa shape index (κ1) is 28.4. The molecule has 3 amide bonds. The Morgan fingerprint density at radius 3 is 2.52 bits per heavy atom. The lowest BCUT2D eigenvalue weighted by molar-refractivity contribution is -0.250. The minimum atomic E-state index is -4.80. The van der Waals surface area contributed by atoms with Gasteiger partial charge in [-0.15, -0.1) is 0 Å². The molecular formula is C25H21F5N5O5-. The fourth-order valence-electron chi connectivity index (χ4n) is 4.38. The van der Waals surface area contributed by atoms with Gasteiger partial charge in [0.05, 0.1) is 11.1 Å². The maximum atomic E-state index is 14.8. The van der Waals surface area contributed by atoms with Gasteiger partial charge in [-0.05, 0) is 30.7 Å². The van der Waals surface area contributed by atoms with E-state index < -0.39 is 65.1 Å². The summed E-state index contributed by atoms with van der Waals surface area (Å²) in [5.74, 6) is -4.28. The van der Waals surface area contributed by atoms with Gasteiger partial charge in [-0.25, -0.2) is 13.8 Å². The summed E-state index contributed by atoms with van der Waals surface area (Å²) in [6.07, 6.45) is -6.06. The summed E-state index contributed by atoms with van der Waals surface area (Å²) in [6.45, 7) is 1.16. The van der Waals surface area contributed by atoms with Gasteiger partial charge in [-0.1, -0.05) is 6.92 Å². The van der Waals surface area contributed by atoms with Crippen molar-refractivity contribution in [2.45, 2.75) is 32.0 Å². The SMILES string of the molecule is CC[C@@H](NC(=O)c1cn(-c2ccc(F)cc2F)c2nc(N3C[C@H](CNC(=O)[O-])CC3=O)ccc2c1=O)C(F)(F)F. The molecule has 10 nitrogen and oxygen atoms in total. The molecular weight excluding hydrogens is 545 g/mol. The lowest BCUT2D eigenvalue weighted by Crippen LogP contribution is -2.46. The van der Waals surface area contributed by atoms with E-state index in [1.807, 2.05) is 0 Å². The van der Waals surface area contributed by atoms with Gasteiger partial charge in [0.25, 0.3) is 5.91 Å². The van der Waals surface area contributed by atoms with Crippen molar-refractivity contribution in [2.75, 3.05) is 18.0 Å². The molecule has 0 bridgehead atoms. The lowest BCUT2D eigenvalue weighted by Gasteiger charge is -2.21. The number of carbonyl (C=O) groups excluding carboxylic acids is 3. The second-order valence-corrected chi connectivity index (χ2v) is 9.10. The highest BCUT2D eigenvalue weighted by Gasteiger charge is 2.40. The monoisotopic (exact) mass is 566 g/mol. The van der Waals surface area contributed by atoms with Crippen LogP contribution < -0.4 is 26.1 Å². The number of hydrogen-bond acceptors (Lipinski definition) is 6. The second kappa shape index (κ2) is 10.9. The number of benzene rings is 1. The molecule has 0 spiro atoms. The summed E-state index contributed by atoms with van der Waals surface area (Å²) in [5, 5.41) is 14.2. The number of nitrogens with one attached hydrogen (secondary N) is 2. The van der Waals surface area contributed by atoms with Crippen molar-refractivity contribution in [3.8, 4) is 5.69 Å². The van der Waals surface area contributed by atoms with Gasteiger partial charge in [-0.3, -0.25) is 23.9 Å². The molecule has 1 saturated heterocycles. The molecule has 4 rings (SSSR count). The van der Waals surface area contributed by atoms with Crippen LogP contribution in [-0.2, 0) is 4.79 Å². The van der Waals surface area contributed by atoms with Gasteiger partial charge >= 0.3 is 6.18 Å². The lowest BCUT2D eigenvalue weighted by atomic mass is 10.1. The Labute approximate surface area is 222 Å². The maximum Gasteiger partial charge on any atom is 0.408 e. The fourth-order valence-corrected chi connectivity index (χ4v) is 4.38. The summed E-state index contributed by atoms with van der Waals surface area (Å²) in [6, 6.07) is 2.58. The summed E-state index contributed by atoms with van der Waals surface area (Å²) >= 11 is 0. The second-order valence-electron chi connectivity index (χ2n) is 9.10. The van der Waals surface area contributed by atoms with Gasteiger partial charge < -0.3 is 20.5 Å². The van der Waals surface area contributed by atoms with Gasteiger partial charge in [0.1, 0.15) is 35.2 Å². The van der Waals surface area contributed by atoms with Crippen LogP contribution in [0.5, 0.6) is 0 Å². The Morgan fingerprint density at radius 2 is 1.90 bits per heavy atom. The number of anilines is 1. The van der Waals surface area contributed by atoms with E-state index in [1.54, 1.807) is 5.32 Å². The molecule has 212 valence electrons. The van der Waals surface area contributed by atoms with Crippen molar-refractivity contribution < 1.29 is 41.4 Å². The highest BCUT2D eigenvalue weighted by Crippen LogP contribution is 2.27. The third-order valence-electron chi connectivity index (χ3n) is 6.38. The zero-order valence-electron chi connectivity index (χ0n) is 20.7. The van der Waals surface area contributed by atoms with Crippen molar-refractivity contribution in [1.82, 2.24) is 20.2 Å². The van der Waals surface area contributed by atoms with Crippen LogP contribution in [0.4, 0.5) is 32.6 Å². The molecule has 0 unspecified atom stereocenters. The van der Waals surface area contributed by atoms with Gasteiger partial charge in [-0.2, -0.15) is 13.2 Å². The summed E-state index contributed by atoms with van der Waals surface area (Å²) < 4.78 is 69.2. The van der Waals surface area contributed by atoms with Crippen LogP contribution in [-0.4, -0.2) is 52.8 Å². The Balaban J connectivity index is 1.84. The molecule has 15 heteroatoms. The van der Waals surface area contributed by atoms with E-state index in [0.29, 0.717) is 6.07 Å². The number of halogens is 5. The molecule has 1 fully saturated rings. The standard InChI is InChI=1S/C25H22F5N5O5/c1-2-18(25(28,29)30)32-23(38)15-11-34(17-5-3-13(26)8-16(17)27)22-14(21(15)37)4-6-19(33-22)35-10-12(7-20(35)36)9-31-24(39)40/h3-6,8,11-12,18,31H,2,7,9-10H2,1H3,(H,32,38)(H,39,40)/p-1/t12-,18+/m0/s1. The molecule has 3 aromatic rings. The molecule has 0 radical (unpaired) electrons. The maximum absolute atomic E-state index is 14.8. The molecule has 2 aromatic heterocycles. The molecule has 2 N–H and O–H groups in total. The van der Waals surface area contributed by atoms with Crippen LogP contribution in [0.1, 0.15) is 30.1 Å². The summed E-state index contributed by atoms with van der Waals surface area (Å²) in [7, 11) is 0. The highest BCUT2D eigenvalue weighted by molar-refractivity contribution is 5.99. The van der Waals surface area contributed by atoms with E-state index >= 15 is 0 Å². The van der Waals surface area contributed by atoms with E-state index in [9.17, 15) is 46.2 Å². The molecule has 1 aliphatic rings. The fraction of sp³-hybridized carbons (Fsp3) is 0.320. The van der Waals surface area contributed by atoms with Crippen molar-refractivity contribution in [1.29, 1.82) is 0 Å². The highest BCUT2D eigenvalue weighted by atomic mass is 19.4. The Kier molecular flexibility index (Phi) is 7.75. The molecule has 40 heavy (non-hydrogen) atoms. The Morgan fingerprint density at radius 1 is 1.18 bits per heavy atom. The minimum Gasteiger partial charge on any atom is -0.530 e. The first-order valence-corrected chi connectivity index (χ1v) is 11.9. The Hall–Kier alpha value is -4.56. The van der Waals surface area contributed by atoms with Crippen LogP contribution in [0.25, 0.3) is 16.7 Å².